The number of fused-ring (bicyclic) bond motifs is 3. The average Bonchev–Trinajstić information content (AvgIpc) is 3.26. The third-order valence-electron chi connectivity index (χ3n) is 4.99. The van der Waals surface area contributed by atoms with E-state index in [4.69, 9.17) is 11.6 Å². The summed E-state index contributed by atoms with van der Waals surface area (Å²) in [6.07, 6.45) is 2.94. The first kappa shape index (κ1) is 17.9. The van der Waals surface area contributed by atoms with Crippen LogP contribution in [0.5, 0.6) is 0 Å². The molecule has 1 fully saturated rings. The standard InChI is InChI=1S/C21H15ClFN5O/c1-27(14-4-2-3-13(9-14)5-6-21(29)7-8-21)19-15-10-17(23)16(22)11-18(15)28-12-24-26-20(28)25-19/h2-4,9-12,29H,7-8H2,1H3. The molecule has 0 spiro atoms. The number of hydrogen-bond donors (Lipinski definition) is 1. The van der Waals surface area contributed by atoms with Gasteiger partial charge in [-0.15, -0.1) is 10.2 Å². The molecule has 6 nitrogen and oxygen atoms in total. The Kier molecular flexibility index (Phi) is 3.95. The van der Waals surface area contributed by atoms with Gasteiger partial charge in [0.2, 0.25) is 0 Å². The van der Waals surface area contributed by atoms with Crippen molar-refractivity contribution in [2.24, 2.45) is 0 Å². The molecule has 4 aromatic rings. The summed E-state index contributed by atoms with van der Waals surface area (Å²) in [5, 5.41) is 18.5. The fourth-order valence-electron chi connectivity index (χ4n) is 3.15. The molecule has 1 N–H and O–H groups in total. The molecule has 29 heavy (non-hydrogen) atoms. The van der Waals surface area contributed by atoms with Crippen LogP contribution in [0.3, 0.4) is 0 Å². The summed E-state index contributed by atoms with van der Waals surface area (Å²) in [5.41, 5.74) is 1.40. The summed E-state index contributed by atoms with van der Waals surface area (Å²) in [6.45, 7) is 0. The first-order valence-corrected chi connectivity index (χ1v) is 9.39. The number of rotatable bonds is 2. The summed E-state index contributed by atoms with van der Waals surface area (Å²) in [7, 11) is 1.84. The Morgan fingerprint density at radius 2 is 2.10 bits per heavy atom. The Hall–Kier alpha value is -3.21. The molecule has 144 valence electrons. The van der Waals surface area contributed by atoms with Gasteiger partial charge in [-0.25, -0.2) is 4.39 Å². The maximum Gasteiger partial charge on any atom is 0.257 e. The molecule has 0 amide bonds. The van der Waals surface area contributed by atoms with Crippen molar-refractivity contribution in [3.05, 3.63) is 59.1 Å². The molecule has 0 bridgehead atoms. The highest BCUT2D eigenvalue weighted by Crippen LogP contribution is 2.35. The molecule has 2 aromatic heterocycles. The Morgan fingerprint density at radius 3 is 2.90 bits per heavy atom. The Morgan fingerprint density at radius 1 is 1.28 bits per heavy atom. The number of nitrogens with zero attached hydrogens (tertiary/aromatic N) is 5. The second kappa shape index (κ2) is 6.41. The maximum absolute atomic E-state index is 14.2. The van der Waals surface area contributed by atoms with Gasteiger partial charge in [0, 0.05) is 23.7 Å². The van der Waals surface area contributed by atoms with Crippen LogP contribution in [0.25, 0.3) is 16.7 Å². The molecule has 1 aliphatic rings. The SMILES string of the molecule is CN(c1cccc(C#CC2(O)CC2)c1)c1nc2nncn2c2cc(Cl)c(F)cc12. The monoisotopic (exact) mass is 407 g/mol. The van der Waals surface area contributed by atoms with E-state index in [1.165, 1.54) is 12.4 Å². The minimum atomic E-state index is -0.838. The van der Waals surface area contributed by atoms with Gasteiger partial charge in [-0.1, -0.05) is 29.5 Å². The van der Waals surface area contributed by atoms with E-state index >= 15 is 0 Å². The minimum absolute atomic E-state index is 0.0163. The smallest absolute Gasteiger partial charge is 0.257 e. The van der Waals surface area contributed by atoms with Crippen molar-refractivity contribution in [1.29, 1.82) is 0 Å². The van der Waals surface area contributed by atoms with Crippen molar-refractivity contribution in [1.82, 2.24) is 19.6 Å². The van der Waals surface area contributed by atoms with Crippen molar-refractivity contribution in [3.63, 3.8) is 0 Å². The van der Waals surface area contributed by atoms with Crippen LogP contribution >= 0.6 is 11.6 Å². The largest absolute Gasteiger partial charge is 0.378 e. The van der Waals surface area contributed by atoms with Crippen LogP contribution in [-0.4, -0.2) is 37.3 Å². The second-order valence-electron chi connectivity index (χ2n) is 7.11. The Balaban J connectivity index is 1.64. The molecule has 2 aromatic carbocycles. The van der Waals surface area contributed by atoms with E-state index in [-0.39, 0.29) is 5.02 Å². The average molecular weight is 408 g/mol. The molecule has 8 heteroatoms. The molecular weight excluding hydrogens is 393 g/mol. The van der Waals surface area contributed by atoms with E-state index in [1.54, 1.807) is 10.5 Å². The van der Waals surface area contributed by atoms with Gasteiger partial charge in [0.05, 0.1) is 10.5 Å². The number of anilines is 2. The van der Waals surface area contributed by atoms with Crippen LogP contribution in [0.4, 0.5) is 15.9 Å². The van der Waals surface area contributed by atoms with E-state index in [9.17, 15) is 9.50 Å². The molecule has 0 radical (unpaired) electrons. The Labute approximate surface area is 170 Å². The number of hydrogen-bond acceptors (Lipinski definition) is 5. The van der Waals surface area contributed by atoms with Crippen molar-refractivity contribution < 1.29 is 9.50 Å². The highest BCUT2D eigenvalue weighted by Gasteiger charge is 2.38. The summed E-state index contributed by atoms with van der Waals surface area (Å²) in [5.74, 6) is 6.30. The summed E-state index contributed by atoms with van der Waals surface area (Å²) in [4.78, 5) is 6.40. The molecule has 0 unspecified atom stereocenters. The molecule has 5 rings (SSSR count). The number of benzene rings is 2. The van der Waals surface area contributed by atoms with Crippen LogP contribution in [0.15, 0.2) is 42.7 Å². The number of aliphatic hydroxyl groups is 1. The van der Waals surface area contributed by atoms with Crippen LogP contribution in [0, 0.1) is 17.7 Å². The van der Waals surface area contributed by atoms with Gasteiger partial charge < -0.3 is 10.0 Å². The van der Waals surface area contributed by atoms with Crippen molar-refractivity contribution in [2.45, 2.75) is 18.4 Å². The molecule has 0 aliphatic heterocycles. The fourth-order valence-corrected chi connectivity index (χ4v) is 3.30. The third kappa shape index (κ3) is 3.16. The molecule has 0 saturated heterocycles. The first-order chi connectivity index (χ1) is 13.9. The van der Waals surface area contributed by atoms with Crippen molar-refractivity contribution >= 4 is 39.8 Å². The van der Waals surface area contributed by atoms with E-state index in [0.29, 0.717) is 35.3 Å². The molecule has 1 aliphatic carbocycles. The zero-order valence-electron chi connectivity index (χ0n) is 15.4. The van der Waals surface area contributed by atoms with Crippen molar-refractivity contribution in [3.8, 4) is 11.8 Å². The lowest BCUT2D eigenvalue weighted by molar-refractivity contribution is 0.212. The molecule has 2 heterocycles. The number of aromatic nitrogens is 4. The molecule has 0 atom stereocenters. The van der Waals surface area contributed by atoms with Crippen LogP contribution in [0.2, 0.25) is 5.02 Å². The fraction of sp³-hybridized carbons (Fsp3) is 0.190. The van der Waals surface area contributed by atoms with E-state index in [1.807, 2.05) is 36.2 Å². The van der Waals surface area contributed by atoms with E-state index in [0.717, 1.165) is 11.3 Å². The summed E-state index contributed by atoms with van der Waals surface area (Å²) >= 11 is 6.00. The van der Waals surface area contributed by atoms with Gasteiger partial charge in [-0.3, -0.25) is 4.40 Å². The summed E-state index contributed by atoms with van der Waals surface area (Å²) in [6, 6.07) is 10.5. The van der Waals surface area contributed by atoms with Gasteiger partial charge in [-0.2, -0.15) is 4.98 Å². The molecule has 1 saturated carbocycles. The van der Waals surface area contributed by atoms with Gasteiger partial charge in [0.1, 0.15) is 23.6 Å². The van der Waals surface area contributed by atoms with Gasteiger partial charge in [0.15, 0.2) is 0 Å². The van der Waals surface area contributed by atoms with Crippen LogP contribution < -0.4 is 4.90 Å². The summed E-state index contributed by atoms with van der Waals surface area (Å²) < 4.78 is 15.9. The van der Waals surface area contributed by atoms with Gasteiger partial charge in [0.25, 0.3) is 5.78 Å². The highest BCUT2D eigenvalue weighted by molar-refractivity contribution is 6.31. The van der Waals surface area contributed by atoms with Crippen LogP contribution in [0.1, 0.15) is 18.4 Å². The zero-order chi connectivity index (χ0) is 20.2. The van der Waals surface area contributed by atoms with Gasteiger partial charge in [-0.05, 0) is 43.2 Å². The normalized spacial score (nSPS) is 14.6. The van der Waals surface area contributed by atoms with E-state index in [2.05, 4.69) is 27.0 Å². The van der Waals surface area contributed by atoms with E-state index < -0.39 is 11.4 Å². The Bertz CT molecular complexity index is 1340. The predicted molar refractivity (Wildman–Crippen MR) is 109 cm³/mol. The zero-order valence-corrected chi connectivity index (χ0v) is 16.2. The van der Waals surface area contributed by atoms with Crippen molar-refractivity contribution in [2.75, 3.05) is 11.9 Å². The van der Waals surface area contributed by atoms with Gasteiger partial charge >= 0.3 is 0 Å². The lowest BCUT2D eigenvalue weighted by Gasteiger charge is -2.21. The predicted octanol–water partition coefficient (Wildman–Crippen LogP) is 3.71. The lowest BCUT2D eigenvalue weighted by atomic mass is 10.1. The second-order valence-corrected chi connectivity index (χ2v) is 7.52. The topological polar surface area (TPSA) is 66.5 Å². The lowest BCUT2D eigenvalue weighted by Crippen LogP contribution is -2.13. The highest BCUT2D eigenvalue weighted by atomic mass is 35.5. The minimum Gasteiger partial charge on any atom is -0.378 e. The number of halogens is 2. The third-order valence-corrected chi connectivity index (χ3v) is 5.28. The first-order valence-electron chi connectivity index (χ1n) is 9.01. The van der Waals surface area contributed by atoms with Crippen LogP contribution in [-0.2, 0) is 0 Å². The molecular formula is C21H15ClFN5O. The maximum atomic E-state index is 14.2. The quantitative estimate of drug-likeness (QED) is 0.513.